The Bertz CT molecular complexity index is 1190. The number of hydrogen-bond donors (Lipinski definition) is 1. The minimum atomic E-state index is -0.260. The van der Waals surface area contributed by atoms with Crippen LogP contribution in [0.3, 0.4) is 0 Å². The molecule has 4 aromatic rings. The van der Waals surface area contributed by atoms with Gasteiger partial charge in [0.25, 0.3) is 0 Å². The van der Waals surface area contributed by atoms with Gasteiger partial charge in [0.1, 0.15) is 5.69 Å². The van der Waals surface area contributed by atoms with Crippen molar-refractivity contribution in [1.29, 1.82) is 0 Å². The van der Waals surface area contributed by atoms with E-state index >= 15 is 0 Å². The van der Waals surface area contributed by atoms with Gasteiger partial charge in [-0.05, 0) is 38.5 Å². The smallest absolute Gasteiger partial charge is 0.290 e. The van der Waals surface area contributed by atoms with Crippen LogP contribution in [0.25, 0.3) is 28.0 Å². The van der Waals surface area contributed by atoms with Crippen LogP contribution in [-0.4, -0.2) is 19.2 Å². The van der Waals surface area contributed by atoms with E-state index in [1.165, 1.54) is 9.08 Å². The number of aromatic amines is 1. The Labute approximate surface area is 156 Å². The number of nitrogens with zero attached hydrogens (tertiary/aromatic N) is 4. The molecule has 0 unspecified atom stereocenters. The number of anilines is 1. The number of benzene rings is 1. The standard InChI is InChI=1S/C20H20N6O/c1-4-25-20(27)26-18(24-25)16(15-10-12(2)22-13(3)11-15)17(23-19(26)21)14-8-6-5-7-9-14/h5-11H,4H2,1-3H3,(H2,21,23)/p+1. The molecule has 0 bridgehead atoms. The van der Waals surface area contributed by atoms with Crippen LogP contribution in [0, 0.1) is 13.8 Å². The average molecular weight is 361 g/mol. The second-order valence-corrected chi connectivity index (χ2v) is 6.52. The molecule has 3 heterocycles. The molecular formula is C20H21N6O+. The summed E-state index contributed by atoms with van der Waals surface area (Å²) in [6.45, 7) is 6.25. The molecule has 1 aromatic carbocycles. The zero-order valence-corrected chi connectivity index (χ0v) is 15.5. The van der Waals surface area contributed by atoms with E-state index in [4.69, 9.17) is 5.73 Å². The van der Waals surface area contributed by atoms with Gasteiger partial charge in [-0.15, -0.1) is 9.50 Å². The highest BCUT2D eigenvalue weighted by Gasteiger charge is 2.25. The lowest BCUT2D eigenvalue weighted by Crippen LogP contribution is -2.27. The molecule has 0 saturated heterocycles. The van der Waals surface area contributed by atoms with Crippen molar-refractivity contribution < 1.29 is 4.98 Å². The Balaban J connectivity index is 2.18. The van der Waals surface area contributed by atoms with E-state index in [0.29, 0.717) is 12.2 Å². The zero-order valence-electron chi connectivity index (χ0n) is 15.5. The fraction of sp³-hybridized carbons (Fsp3) is 0.200. The topological polar surface area (TPSA) is 92.3 Å². The van der Waals surface area contributed by atoms with Crippen molar-refractivity contribution >= 4 is 11.6 Å². The highest BCUT2D eigenvalue weighted by atomic mass is 16.2. The second-order valence-electron chi connectivity index (χ2n) is 6.52. The number of rotatable bonds is 3. The van der Waals surface area contributed by atoms with E-state index in [-0.39, 0.29) is 11.6 Å². The summed E-state index contributed by atoms with van der Waals surface area (Å²) < 4.78 is 2.84. The van der Waals surface area contributed by atoms with Crippen molar-refractivity contribution in [2.75, 3.05) is 5.73 Å². The minimum absolute atomic E-state index is 0.250. The molecule has 3 aromatic heterocycles. The van der Waals surface area contributed by atoms with E-state index < -0.39 is 0 Å². The Kier molecular flexibility index (Phi) is 3.99. The molecule has 136 valence electrons. The van der Waals surface area contributed by atoms with Gasteiger partial charge >= 0.3 is 11.6 Å². The number of aryl methyl sites for hydroxylation is 3. The fourth-order valence-corrected chi connectivity index (χ4v) is 3.42. The van der Waals surface area contributed by atoms with E-state index in [1.807, 2.05) is 63.2 Å². The van der Waals surface area contributed by atoms with Gasteiger partial charge in [-0.3, -0.25) is 10.7 Å². The van der Waals surface area contributed by atoms with Crippen molar-refractivity contribution in [2.24, 2.45) is 0 Å². The molecule has 0 atom stereocenters. The summed E-state index contributed by atoms with van der Waals surface area (Å²) in [7, 11) is 0. The van der Waals surface area contributed by atoms with E-state index in [2.05, 4.69) is 15.1 Å². The predicted octanol–water partition coefficient (Wildman–Crippen LogP) is 2.26. The Morgan fingerprint density at radius 3 is 2.37 bits per heavy atom. The summed E-state index contributed by atoms with van der Waals surface area (Å²) in [6, 6.07) is 13.9. The van der Waals surface area contributed by atoms with Gasteiger partial charge < -0.3 is 0 Å². The SMILES string of the molecule is CCn1nc2c(-c3cc(C)nc(C)c3)c(-c3ccccc3)[nH+]c(N)n2c1=O. The number of hydrogen-bond acceptors (Lipinski definition) is 4. The van der Waals surface area contributed by atoms with Crippen LogP contribution in [0.15, 0.2) is 47.3 Å². The number of H-pyrrole nitrogens is 1. The van der Waals surface area contributed by atoms with Crippen LogP contribution in [0.4, 0.5) is 5.95 Å². The van der Waals surface area contributed by atoms with Crippen LogP contribution in [0.1, 0.15) is 18.3 Å². The molecule has 0 amide bonds. The third-order valence-corrected chi connectivity index (χ3v) is 4.54. The maximum absolute atomic E-state index is 12.7. The van der Waals surface area contributed by atoms with Crippen molar-refractivity contribution in [3.63, 3.8) is 0 Å². The fourth-order valence-electron chi connectivity index (χ4n) is 3.42. The van der Waals surface area contributed by atoms with E-state index in [9.17, 15) is 4.79 Å². The van der Waals surface area contributed by atoms with Gasteiger partial charge in [-0.2, -0.15) is 4.68 Å². The molecule has 7 nitrogen and oxygen atoms in total. The average Bonchev–Trinajstić information content (AvgIpc) is 2.98. The zero-order chi connectivity index (χ0) is 19.1. The Hall–Kier alpha value is -3.48. The summed E-state index contributed by atoms with van der Waals surface area (Å²) in [5.74, 6) is 0.250. The van der Waals surface area contributed by atoms with Crippen molar-refractivity contribution in [3.05, 3.63) is 64.3 Å². The summed E-state index contributed by atoms with van der Waals surface area (Å²) >= 11 is 0. The number of aromatic nitrogens is 5. The van der Waals surface area contributed by atoms with Gasteiger partial charge in [0.2, 0.25) is 5.65 Å². The third-order valence-electron chi connectivity index (χ3n) is 4.54. The third kappa shape index (κ3) is 2.77. The van der Waals surface area contributed by atoms with Crippen LogP contribution < -0.4 is 16.4 Å². The minimum Gasteiger partial charge on any atom is -0.290 e. The first-order valence-electron chi connectivity index (χ1n) is 8.85. The number of pyridine rings is 1. The summed E-state index contributed by atoms with van der Waals surface area (Å²) in [5.41, 5.74) is 11.8. The quantitative estimate of drug-likeness (QED) is 0.606. The lowest BCUT2D eigenvalue weighted by molar-refractivity contribution is -0.351. The van der Waals surface area contributed by atoms with Crippen molar-refractivity contribution in [2.45, 2.75) is 27.3 Å². The molecule has 4 rings (SSSR count). The second kappa shape index (κ2) is 6.35. The first-order valence-corrected chi connectivity index (χ1v) is 8.85. The Morgan fingerprint density at radius 2 is 1.74 bits per heavy atom. The maximum atomic E-state index is 12.7. The van der Waals surface area contributed by atoms with Crippen molar-refractivity contribution in [1.82, 2.24) is 19.2 Å². The predicted molar refractivity (Wildman–Crippen MR) is 104 cm³/mol. The van der Waals surface area contributed by atoms with Gasteiger partial charge in [-0.1, -0.05) is 30.3 Å². The van der Waals surface area contributed by atoms with Gasteiger partial charge in [-0.25, -0.2) is 9.78 Å². The van der Waals surface area contributed by atoms with Crippen LogP contribution >= 0.6 is 0 Å². The summed E-state index contributed by atoms with van der Waals surface area (Å²) in [5, 5.41) is 4.56. The molecule has 7 heteroatoms. The lowest BCUT2D eigenvalue weighted by atomic mass is 9.99. The maximum Gasteiger partial charge on any atom is 0.411 e. The van der Waals surface area contributed by atoms with E-state index in [0.717, 1.165) is 33.8 Å². The molecule has 0 saturated carbocycles. The van der Waals surface area contributed by atoms with Gasteiger partial charge in [0, 0.05) is 23.5 Å². The molecule has 0 fully saturated rings. The molecule has 0 aliphatic heterocycles. The molecule has 27 heavy (non-hydrogen) atoms. The van der Waals surface area contributed by atoms with Gasteiger partial charge in [0.15, 0.2) is 0 Å². The van der Waals surface area contributed by atoms with Crippen LogP contribution in [0.5, 0.6) is 0 Å². The lowest BCUT2D eigenvalue weighted by Gasteiger charge is -2.10. The molecule has 0 aliphatic rings. The molecular weight excluding hydrogens is 340 g/mol. The monoisotopic (exact) mass is 361 g/mol. The molecule has 0 spiro atoms. The highest BCUT2D eigenvalue weighted by molar-refractivity contribution is 5.88. The van der Waals surface area contributed by atoms with Gasteiger partial charge in [0.05, 0.1) is 5.56 Å². The Morgan fingerprint density at radius 1 is 1.07 bits per heavy atom. The summed E-state index contributed by atoms with van der Waals surface area (Å²) in [6.07, 6.45) is 0. The largest absolute Gasteiger partial charge is 0.411 e. The number of nitrogens with one attached hydrogen (secondary N) is 1. The first kappa shape index (κ1) is 17.0. The molecule has 0 aliphatic carbocycles. The van der Waals surface area contributed by atoms with Crippen molar-refractivity contribution in [3.8, 4) is 22.4 Å². The first-order chi connectivity index (χ1) is 13.0. The van der Waals surface area contributed by atoms with Crippen LogP contribution in [-0.2, 0) is 6.54 Å². The normalized spacial score (nSPS) is 11.2. The number of fused-ring (bicyclic) bond motifs is 1. The summed E-state index contributed by atoms with van der Waals surface area (Å²) in [4.78, 5) is 20.4. The highest BCUT2D eigenvalue weighted by Crippen LogP contribution is 2.32. The number of nitrogen functional groups attached to an aromatic ring is 1. The van der Waals surface area contributed by atoms with Crippen LogP contribution in [0.2, 0.25) is 0 Å². The number of nitrogens with two attached hydrogens (primary N) is 1. The molecule has 0 radical (unpaired) electrons. The van der Waals surface area contributed by atoms with E-state index in [1.54, 1.807) is 0 Å². The molecule has 3 N–H and O–H groups in total.